The normalized spacial score (nSPS) is 22.1. The monoisotopic (exact) mass is 607 g/mol. The molecule has 0 aliphatic carbocycles. The molecule has 0 saturated carbocycles. The molecule has 0 spiro atoms. The fourth-order valence-corrected chi connectivity index (χ4v) is 4.54. The van der Waals surface area contributed by atoms with Crippen molar-refractivity contribution in [1.82, 2.24) is 10.6 Å². The summed E-state index contributed by atoms with van der Waals surface area (Å²) in [5.74, 6) is -1.29. The first-order chi connectivity index (χ1) is 19.0. The van der Waals surface area contributed by atoms with Gasteiger partial charge in [0.25, 0.3) is 0 Å². The zero-order valence-electron chi connectivity index (χ0n) is 22.7. The number of alkyl halides is 3. The summed E-state index contributed by atoms with van der Waals surface area (Å²) in [7, 11) is 0. The summed E-state index contributed by atoms with van der Waals surface area (Å²) < 4.78 is 36.0. The van der Waals surface area contributed by atoms with Gasteiger partial charge in [-0.3, -0.25) is 14.4 Å². The minimum Gasteiger partial charge on any atom is -0.463 e. The second kappa shape index (κ2) is 17.1. The molecule has 1 fully saturated rings. The summed E-state index contributed by atoms with van der Waals surface area (Å²) in [6.45, 7) is 4.54. The van der Waals surface area contributed by atoms with Crippen molar-refractivity contribution in [2.75, 3.05) is 42.9 Å². The number of ether oxygens (including phenoxy) is 4. The number of amides is 2. The quantitative estimate of drug-likeness (QED) is 0.142. The van der Waals surface area contributed by atoms with E-state index in [4.69, 9.17) is 42.1 Å². The van der Waals surface area contributed by atoms with Gasteiger partial charge < -0.3 is 34.5 Å². The summed E-state index contributed by atoms with van der Waals surface area (Å²) >= 11 is 11.7. The maximum atomic E-state index is 15.3. The molecular weight excluding hydrogens is 572 g/mol. The van der Waals surface area contributed by atoms with Crippen LogP contribution in [0.1, 0.15) is 32.8 Å². The van der Waals surface area contributed by atoms with Gasteiger partial charge in [-0.25, -0.2) is 9.18 Å². The van der Waals surface area contributed by atoms with Crippen LogP contribution >= 0.6 is 23.2 Å². The third kappa shape index (κ3) is 11.0. The SMILES string of the molecule is CC(=O)OC[C@H]1O[C@@H](NC(=O)NCCCc2ccc(N(CCCl)CCCl)cc2)[C@H](F)[C@@H](OC(C)=O)[C@@H]1OC(C)=O. The average molecular weight is 608 g/mol. The van der Waals surface area contributed by atoms with Crippen molar-refractivity contribution in [3.05, 3.63) is 29.8 Å². The number of carbonyl (C=O) groups is 4. The molecule has 0 bridgehead atoms. The smallest absolute Gasteiger partial charge is 0.316 e. The molecule has 1 aromatic rings. The number of hydrogen-bond donors (Lipinski definition) is 2. The van der Waals surface area contributed by atoms with Crippen molar-refractivity contribution in [1.29, 1.82) is 0 Å². The Bertz CT molecular complexity index is 981. The van der Waals surface area contributed by atoms with Gasteiger partial charge in [0.1, 0.15) is 12.7 Å². The molecule has 2 rings (SSSR count). The highest BCUT2D eigenvalue weighted by Gasteiger charge is 2.51. The minimum atomic E-state index is -2.08. The van der Waals surface area contributed by atoms with Gasteiger partial charge in [0.05, 0.1) is 0 Å². The summed E-state index contributed by atoms with van der Waals surface area (Å²) in [6.07, 6.45) is -6.59. The van der Waals surface area contributed by atoms with Crippen LogP contribution in [0.25, 0.3) is 0 Å². The van der Waals surface area contributed by atoms with Crippen LogP contribution < -0.4 is 15.5 Å². The molecule has 1 saturated heterocycles. The number of esters is 3. The van der Waals surface area contributed by atoms with E-state index in [-0.39, 0.29) is 6.54 Å². The molecule has 40 heavy (non-hydrogen) atoms. The number of aryl methyl sites for hydroxylation is 1. The van der Waals surface area contributed by atoms with Crippen LogP contribution in [0.2, 0.25) is 0 Å². The number of hydrogen-bond acceptors (Lipinski definition) is 9. The first-order valence-electron chi connectivity index (χ1n) is 12.8. The van der Waals surface area contributed by atoms with Gasteiger partial charge in [0.15, 0.2) is 24.6 Å². The lowest BCUT2D eigenvalue weighted by Gasteiger charge is -2.42. The van der Waals surface area contributed by atoms with Crippen molar-refractivity contribution in [3.63, 3.8) is 0 Å². The molecule has 11 nitrogen and oxygen atoms in total. The summed E-state index contributed by atoms with van der Waals surface area (Å²) in [4.78, 5) is 49.1. The Morgan fingerprint density at radius 1 is 0.950 bits per heavy atom. The van der Waals surface area contributed by atoms with Gasteiger partial charge in [-0.05, 0) is 30.5 Å². The van der Waals surface area contributed by atoms with E-state index in [2.05, 4.69) is 15.5 Å². The molecule has 1 aliphatic rings. The van der Waals surface area contributed by atoms with Gasteiger partial charge in [0, 0.05) is 57.9 Å². The molecule has 1 aliphatic heterocycles. The average Bonchev–Trinajstić information content (AvgIpc) is 2.89. The number of urea groups is 1. The maximum Gasteiger partial charge on any atom is 0.316 e. The molecule has 1 aromatic carbocycles. The van der Waals surface area contributed by atoms with E-state index in [0.29, 0.717) is 37.7 Å². The molecule has 2 amide bonds. The highest BCUT2D eigenvalue weighted by molar-refractivity contribution is 6.18. The van der Waals surface area contributed by atoms with Crippen LogP contribution in [-0.2, 0) is 39.8 Å². The van der Waals surface area contributed by atoms with Gasteiger partial charge in [-0.1, -0.05) is 12.1 Å². The fourth-order valence-electron chi connectivity index (χ4n) is 4.13. The number of benzene rings is 1. The minimum absolute atomic E-state index is 0.280. The zero-order chi connectivity index (χ0) is 29.7. The number of nitrogens with one attached hydrogen (secondary N) is 2. The second-order valence-corrected chi connectivity index (χ2v) is 9.78. The van der Waals surface area contributed by atoms with Crippen molar-refractivity contribution in [3.8, 4) is 0 Å². The summed E-state index contributed by atoms with van der Waals surface area (Å²) in [5.41, 5.74) is 2.09. The standard InChI is InChI=1S/C26H36Cl2FN3O8/c1-16(33)37-15-21-23(38-17(2)34)24(39-18(3)35)22(29)25(40-21)31-26(36)30-12-4-5-19-6-8-20(9-7-19)32(13-10-27)14-11-28/h6-9,21-25H,4-5,10-15H2,1-3H3,(H2,30,31,36)/t21-,22-,23-,24-,25-/m1/s1. The van der Waals surface area contributed by atoms with Gasteiger partial charge >= 0.3 is 23.9 Å². The predicted octanol–water partition coefficient (Wildman–Crippen LogP) is 2.69. The lowest BCUT2D eigenvalue weighted by molar-refractivity contribution is -0.238. The van der Waals surface area contributed by atoms with Gasteiger partial charge in [0.2, 0.25) is 0 Å². The third-order valence-electron chi connectivity index (χ3n) is 5.88. The van der Waals surface area contributed by atoms with E-state index in [1.54, 1.807) is 0 Å². The second-order valence-electron chi connectivity index (χ2n) is 9.03. The van der Waals surface area contributed by atoms with E-state index in [1.807, 2.05) is 24.3 Å². The Morgan fingerprint density at radius 3 is 2.10 bits per heavy atom. The Balaban J connectivity index is 1.94. The third-order valence-corrected chi connectivity index (χ3v) is 6.22. The Kier molecular flexibility index (Phi) is 14.3. The van der Waals surface area contributed by atoms with Crippen LogP contribution in [0.5, 0.6) is 0 Å². The van der Waals surface area contributed by atoms with Crippen molar-refractivity contribution in [2.24, 2.45) is 0 Å². The summed E-state index contributed by atoms with van der Waals surface area (Å²) in [5, 5.41) is 4.99. The predicted molar refractivity (Wildman–Crippen MR) is 146 cm³/mol. The van der Waals surface area contributed by atoms with Gasteiger partial charge in [-0.15, -0.1) is 23.2 Å². The Morgan fingerprint density at radius 2 is 1.55 bits per heavy atom. The molecule has 224 valence electrons. The molecule has 5 atom stereocenters. The zero-order valence-corrected chi connectivity index (χ0v) is 24.2. The number of nitrogens with zero attached hydrogens (tertiary/aromatic N) is 1. The van der Waals surface area contributed by atoms with E-state index < -0.39 is 61.3 Å². The molecule has 0 aromatic heterocycles. The molecule has 1 heterocycles. The van der Waals surface area contributed by atoms with E-state index >= 15 is 4.39 Å². The van der Waals surface area contributed by atoms with Crippen LogP contribution in [0.4, 0.5) is 14.9 Å². The topological polar surface area (TPSA) is 132 Å². The number of carbonyl (C=O) groups excluding carboxylic acids is 4. The fraction of sp³-hybridized carbons (Fsp3) is 0.615. The summed E-state index contributed by atoms with van der Waals surface area (Å²) in [6, 6.07) is 7.24. The molecular formula is C26H36Cl2FN3O8. The van der Waals surface area contributed by atoms with E-state index in [9.17, 15) is 19.2 Å². The lowest BCUT2D eigenvalue weighted by Crippen LogP contribution is -2.64. The number of anilines is 1. The molecule has 2 N–H and O–H groups in total. The van der Waals surface area contributed by atoms with E-state index in [0.717, 1.165) is 32.0 Å². The highest BCUT2D eigenvalue weighted by Crippen LogP contribution is 2.28. The van der Waals surface area contributed by atoms with Crippen LogP contribution in [0, 0.1) is 0 Å². The van der Waals surface area contributed by atoms with Crippen LogP contribution in [0.15, 0.2) is 24.3 Å². The Hall–Kier alpha value is -2.83. The molecule has 14 heteroatoms. The first-order valence-corrected chi connectivity index (χ1v) is 13.9. The molecule has 0 radical (unpaired) electrons. The number of halogens is 3. The van der Waals surface area contributed by atoms with E-state index in [1.165, 1.54) is 0 Å². The highest BCUT2D eigenvalue weighted by atomic mass is 35.5. The largest absolute Gasteiger partial charge is 0.463 e. The van der Waals surface area contributed by atoms with Crippen LogP contribution in [-0.4, -0.2) is 92.7 Å². The van der Waals surface area contributed by atoms with Crippen molar-refractivity contribution < 1.29 is 42.5 Å². The Labute approximate surface area is 242 Å². The van der Waals surface area contributed by atoms with Crippen LogP contribution in [0.3, 0.4) is 0 Å². The number of rotatable bonds is 14. The molecule has 0 unspecified atom stereocenters. The van der Waals surface area contributed by atoms with Crippen molar-refractivity contribution in [2.45, 2.75) is 64.3 Å². The first kappa shape index (κ1) is 33.4. The van der Waals surface area contributed by atoms with Crippen molar-refractivity contribution >= 4 is 52.8 Å². The van der Waals surface area contributed by atoms with Gasteiger partial charge in [-0.2, -0.15) is 0 Å². The lowest BCUT2D eigenvalue weighted by atomic mass is 9.98. The maximum absolute atomic E-state index is 15.3.